The molecule has 0 radical (unpaired) electrons. The summed E-state index contributed by atoms with van der Waals surface area (Å²) in [6, 6.07) is 0. The lowest BCUT2D eigenvalue weighted by Crippen LogP contribution is -2.84. The minimum atomic E-state index is 1.08. The van der Waals surface area contributed by atoms with Crippen LogP contribution in [-0.4, -0.2) is 19.6 Å². The van der Waals surface area contributed by atoms with E-state index in [4.69, 9.17) is 0 Å². The van der Waals surface area contributed by atoms with Gasteiger partial charge >= 0.3 is 0 Å². The molecule has 0 aromatic carbocycles. The Morgan fingerprint density at radius 3 is 2.71 bits per heavy atom. The zero-order chi connectivity index (χ0) is 5.54. The fraction of sp³-hybridized carbons (Fsp3) is 1.00. The molecule has 0 bridgehead atoms. The first-order chi connectivity index (χ1) is 3.41. The van der Waals surface area contributed by atoms with Gasteiger partial charge in [0.25, 0.3) is 0 Å². The van der Waals surface area contributed by atoms with Gasteiger partial charge in [-0.1, -0.05) is 0 Å². The maximum atomic E-state index is 3.74. The molecule has 7 heavy (non-hydrogen) atoms. The molecule has 5 N–H and O–H groups in total. The van der Waals surface area contributed by atoms with Crippen molar-refractivity contribution in [2.24, 2.45) is 0 Å². The number of nitrogens with two attached hydrogens (primary N) is 1. The normalized spacial score (nSPS) is 9.43. The van der Waals surface area contributed by atoms with Crippen LogP contribution in [0.3, 0.4) is 0 Å². The Morgan fingerprint density at radius 1 is 1.57 bits per heavy atom. The second-order valence-corrected chi connectivity index (χ2v) is 1.69. The van der Waals surface area contributed by atoms with Gasteiger partial charge in [-0.15, -0.1) is 0 Å². The van der Waals surface area contributed by atoms with Crippen molar-refractivity contribution in [2.75, 3.05) is 19.6 Å². The van der Waals surface area contributed by atoms with Crippen LogP contribution in [0, 0.1) is 0 Å². The van der Waals surface area contributed by atoms with E-state index in [2.05, 4.69) is 18.0 Å². The van der Waals surface area contributed by atoms with Gasteiger partial charge in [-0.2, -0.15) is 0 Å². The van der Waals surface area contributed by atoms with Gasteiger partial charge in [0.2, 0.25) is 0 Å². The monoisotopic (exact) mass is 104 g/mol. The lowest BCUT2D eigenvalue weighted by atomic mass is 10.4. The molecule has 0 aromatic heterocycles. The molecule has 0 atom stereocenters. The van der Waals surface area contributed by atoms with Crippen LogP contribution in [-0.2, 0) is 0 Å². The summed E-state index contributed by atoms with van der Waals surface area (Å²) in [6.07, 6.45) is 1.26. The first-order valence-corrected chi connectivity index (χ1v) is 3.02. The second-order valence-electron chi connectivity index (χ2n) is 1.69. The lowest BCUT2D eigenvalue weighted by molar-refractivity contribution is -0.654. The summed E-state index contributed by atoms with van der Waals surface area (Å²) in [4.78, 5) is 0. The van der Waals surface area contributed by atoms with E-state index in [1.54, 1.807) is 0 Å². The third-order valence-corrected chi connectivity index (χ3v) is 0.947. The Bertz CT molecular complexity index is 25.3. The maximum absolute atomic E-state index is 3.74. The molecule has 0 amide bonds. The van der Waals surface area contributed by atoms with Crippen molar-refractivity contribution in [2.45, 2.75) is 13.3 Å². The van der Waals surface area contributed by atoms with E-state index in [0.717, 1.165) is 6.54 Å². The van der Waals surface area contributed by atoms with Crippen LogP contribution in [0.2, 0.25) is 0 Å². The first-order valence-electron chi connectivity index (χ1n) is 3.02. The van der Waals surface area contributed by atoms with Crippen LogP contribution in [0.25, 0.3) is 0 Å². The van der Waals surface area contributed by atoms with Crippen molar-refractivity contribution in [3.8, 4) is 0 Å². The average molecular weight is 104 g/mol. The highest BCUT2D eigenvalue weighted by atomic mass is 14.8. The average Bonchev–Trinajstić information content (AvgIpc) is 1.69. The van der Waals surface area contributed by atoms with Crippen LogP contribution in [0.5, 0.6) is 0 Å². The molecule has 2 nitrogen and oxygen atoms in total. The number of hydrogen-bond donors (Lipinski definition) is 2. The summed E-state index contributed by atoms with van der Waals surface area (Å²) in [7, 11) is 0. The van der Waals surface area contributed by atoms with Crippen LogP contribution < -0.4 is 11.1 Å². The molecule has 0 fully saturated rings. The fourth-order valence-corrected chi connectivity index (χ4v) is 0.493. The highest BCUT2D eigenvalue weighted by Gasteiger charge is 1.83. The molecule has 44 valence electrons. The molecular weight excluding hydrogens is 88.1 g/mol. The van der Waals surface area contributed by atoms with Gasteiger partial charge in [-0.3, -0.25) is 0 Å². The molecule has 0 aliphatic rings. The van der Waals surface area contributed by atoms with E-state index in [-0.39, 0.29) is 0 Å². The van der Waals surface area contributed by atoms with Crippen molar-refractivity contribution < 1.29 is 11.1 Å². The summed E-state index contributed by atoms with van der Waals surface area (Å²) >= 11 is 0. The Balaban J connectivity index is 2.45. The van der Waals surface area contributed by atoms with Crippen LogP contribution >= 0.6 is 0 Å². The number of quaternary nitrogens is 2. The van der Waals surface area contributed by atoms with E-state index in [1.165, 1.54) is 19.5 Å². The molecule has 0 saturated heterocycles. The molecule has 0 unspecified atom stereocenters. The van der Waals surface area contributed by atoms with Crippen molar-refractivity contribution in [3.05, 3.63) is 0 Å². The molecule has 0 heterocycles. The van der Waals surface area contributed by atoms with Crippen LogP contribution in [0.4, 0.5) is 0 Å². The van der Waals surface area contributed by atoms with Gasteiger partial charge in [0, 0.05) is 6.42 Å². The predicted octanol–water partition coefficient (Wildman–Crippen LogP) is -1.80. The molecule has 0 rings (SSSR count). The van der Waals surface area contributed by atoms with Crippen LogP contribution in [0.1, 0.15) is 13.3 Å². The molecule has 0 spiro atoms. The van der Waals surface area contributed by atoms with Crippen LogP contribution in [0.15, 0.2) is 0 Å². The van der Waals surface area contributed by atoms with Crippen molar-refractivity contribution in [1.82, 2.24) is 0 Å². The highest BCUT2D eigenvalue weighted by molar-refractivity contribution is 4.21. The summed E-state index contributed by atoms with van der Waals surface area (Å²) in [6.45, 7) is 5.71. The lowest BCUT2D eigenvalue weighted by Gasteiger charge is -1.90. The topological polar surface area (TPSA) is 44.2 Å². The number of hydrogen-bond acceptors (Lipinski definition) is 0. The summed E-state index contributed by atoms with van der Waals surface area (Å²) < 4.78 is 0. The third-order valence-electron chi connectivity index (χ3n) is 0.947. The van der Waals surface area contributed by atoms with E-state index in [0.29, 0.717) is 0 Å². The fourth-order valence-electron chi connectivity index (χ4n) is 0.493. The quantitative estimate of drug-likeness (QED) is 0.395. The Morgan fingerprint density at radius 2 is 2.29 bits per heavy atom. The van der Waals surface area contributed by atoms with Gasteiger partial charge in [0.1, 0.15) is 0 Å². The van der Waals surface area contributed by atoms with Gasteiger partial charge in [0.15, 0.2) is 0 Å². The molecule has 0 aromatic rings. The largest absolute Gasteiger partial charge is 0.357 e. The summed E-state index contributed by atoms with van der Waals surface area (Å²) in [5.41, 5.74) is 3.74. The molecule has 0 aliphatic carbocycles. The SMILES string of the molecule is CC[NH2+]CCC[NH3+]. The molecule has 2 heteroatoms. The minimum Gasteiger partial charge on any atom is -0.357 e. The van der Waals surface area contributed by atoms with Gasteiger partial charge < -0.3 is 11.1 Å². The maximum Gasteiger partial charge on any atom is 0.0809 e. The third kappa shape index (κ3) is 5.92. The highest BCUT2D eigenvalue weighted by Crippen LogP contribution is 1.56. The predicted molar refractivity (Wildman–Crippen MR) is 29.7 cm³/mol. The van der Waals surface area contributed by atoms with E-state index < -0.39 is 0 Å². The Kier molecular flexibility index (Phi) is 5.85. The number of rotatable bonds is 4. The zero-order valence-electron chi connectivity index (χ0n) is 5.11. The minimum absolute atomic E-state index is 1.08. The standard InChI is InChI=1S/C5H14N2/c1-2-7-5-3-4-6/h7H,2-6H2,1H3/p+2. The Hall–Kier alpha value is -0.0800. The second kappa shape index (κ2) is 5.92. The smallest absolute Gasteiger partial charge is 0.0809 e. The Labute approximate surface area is 45.1 Å². The molecular formula is C5H16N2+2. The van der Waals surface area contributed by atoms with Gasteiger partial charge in [0.05, 0.1) is 19.6 Å². The van der Waals surface area contributed by atoms with Gasteiger partial charge in [-0.05, 0) is 6.92 Å². The summed E-state index contributed by atoms with van der Waals surface area (Å²) in [5.74, 6) is 0. The van der Waals surface area contributed by atoms with Crippen molar-refractivity contribution >= 4 is 0 Å². The van der Waals surface area contributed by atoms with Gasteiger partial charge in [-0.25, -0.2) is 0 Å². The first kappa shape index (κ1) is 6.92. The zero-order valence-corrected chi connectivity index (χ0v) is 5.11. The van der Waals surface area contributed by atoms with E-state index in [9.17, 15) is 0 Å². The van der Waals surface area contributed by atoms with E-state index >= 15 is 0 Å². The van der Waals surface area contributed by atoms with Crippen molar-refractivity contribution in [1.29, 1.82) is 0 Å². The summed E-state index contributed by atoms with van der Waals surface area (Å²) in [5, 5.41) is 2.30. The molecule has 0 aliphatic heterocycles. The van der Waals surface area contributed by atoms with Crippen molar-refractivity contribution in [3.63, 3.8) is 0 Å². The molecule has 0 saturated carbocycles. The van der Waals surface area contributed by atoms with E-state index in [1.807, 2.05) is 0 Å².